The van der Waals surface area contributed by atoms with Crippen molar-refractivity contribution in [2.45, 2.75) is 39.3 Å². The summed E-state index contributed by atoms with van der Waals surface area (Å²) in [5.74, 6) is 0. The summed E-state index contributed by atoms with van der Waals surface area (Å²) in [6, 6.07) is 11.4. The van der Waals surface area contributed by atoms with Crippen LogP contribution in [0.15, 0.2) is 30.3 Å². The Morgan fingerprint density at radius 1 is 1.30 bits per heavy atom. The van der Waals surface area contributed by atoms with E-state index >= 15 is 0 Å². The summed E-state index contributed by atoms with van der Waals surface area (Å²) in [6.45, 7) is 6.66. The van der Waals surface area contributed by atoms with E-state index in [0.717, 1.165) is 31.6 Å². The van der Waals surface area contributed by atoms with E-state index in [1.807, 2.05) is 17.4 Å². The van der Waals surface area contributed by atoms with Gasteiger partial charge in [0.15, 0.2) is 0 Å². The number of nitrogens with two attached hydrogens (primary N) is 1. The van der Waals surface area contributed by atoms with Crippen LogP contribution in [0.25, 0.3) is 0 Å². The van der Waals surface area contributed by atoms with Crippen LogP contribution in [0.2, 0.25) is 0 Å². The van der Waals surface area contributed by atoms with Gasteiger partial charge in [0.05, 0.1) is 0 Å². The fourth-order valence-electron chi connectivity index (χ4n) is 2.98. The molecule has 3 heteroatoms. The Morgan fingerprint density at radius 3 is 2.90 bits per heavy atom. The fraction of sp³-hybridized carbons (Fsp3) is 0.412. The van der Waals surface area contributed by atoms with Gasteiger partial charge in [-0.3, -0.25) is 4.90 Å². The van der Waals surface area contributed by atoms with Gasteiger partial charge in [-0.15, -0.1) is 11.3 Å². The lowest BCUT2D eigenvalue weighted by Crippen LogP contribution is -2.32. The van der Waals surface area contributed by atoms with Crippen LogP contribution in [-0.2, 0) is 19.4 Å². The van der Waals surface area contributed by atoms with Gasteiger partial charge in [0, 0.05) is 34.6 Å². The van der Waals surface area contributed by atoms with E-state index < -0.39 is 0 Å². The molecule has 0 aliphatic carbocycles. The predicted molar refractivity (Wildman–Crippen MR) is 87.1 cm³/mol. The van der Waals surface area contributed by atoms with Crippen LogP contribution in [0, 0.1) is 0 Å². The Balaban J connectivity index is 1.79. The minimum atomic E-state index is 0.495. The van der Waals surface area contributed by atoms with Gasteiger partial charge < -0.3 is 5.73 Å². The molecule has 2 heterocycles. The van der Waals surface area contributed by atoms with Gasteiger partial charge in [-0.05, 0) is 49.1 Å². The smallest absolute Gasteiger partial charge is 0.0417 e. The van der Waals surface area contributed by atoms with Gasteiger partial charge in [0.25, 0.3) is 0 Å². The first-order chi connectivity index (χ1) is 9.69. The van der Waals surface area contributed by atoms with Crippen molar-refractivity contribution in [3.63, 3.8) is 0 Å². The van der Waals surface area contributed by atoms with Crippen LogP contribution in [-0.4, -0.2) is 11.4 Å². The molecule has 2 N–H and O–H groups in total. The highest BCUT2D eigenvalue weighted by Crippen LogP contribution is 2.32. The minimum Gasteiger partial charge on any atom is -0.398 e. The van der Waals surface area contributed by atoms with E-state index in [2.05, 4.69) is 43.0 Å². The number of rotatable bonds is 3. The molecule has 1 aromatic carbocycles. The quantitative estimate of drug-likeness (QED) is 0.864. The third kappa shape index (κ3) is 2.48. The van der Waals surface area contributed by atoms with Crippen LogP contribution in [0.5, 0.6) is 0 Å². The molecule has 1 aliphatic rings. The summed E-state index contributed by atoms with van der Waals surface area (Å²) < 4.78 is 0. The zero-order chi connectivity index (χ0) is 14.1. The van der Waals surface area contributed by atoms with Crippen LogP contribution in [0.3, 0.4) is 0 Å². The largest absolute Gasteiger partial charge is 0.398 e. The minimum absolute atomic E-state index is 0.495. The fourth-order valence-corrected chi connectivity index (χ4v) is 4.02. The highest BCUT2D eigenvalue weighted by atomic mass is 32.1. The molecule has 20 heavy (non-hydrogen) atoms. The van der Waals surface area contributed by atoms with E-state index in [0.29, 0.717) is 6.04 Å². The highest BCUT2D eigenvalue weighted by molar-refractivity contribution is 7.12. The van der Waals surface area contributed by atoms with Crippen molar-refractivity contribution in [3.8, 4) is 0 Å². The molecule has 0 saturated carbocycles. The second-order valence-corrected chi connectivity index (χ2v) is 6.74. The average molecular weight is 286 g/mol. The Kier molecular flexibility index (Phi) is 3.81. The van der Waals surface area contributed by atoms with Crippen molar-refractivity contribution in [2.24, 2.45) is 0 Å². The van der Waals surface area contributed by atoms with Gasteiger partial charge >= 0.3 is 0 Å². The first kappa shape index (κ1) is 13.7. The molecule has 1 atom stereocenters. The predicted octanol–water partition coefficient (Wildman–Crippen LogP) is 4.01. The normalized spacial score (nSPS) is 16.9. The van der Waals surface area contributed by atoms with Crippen LogP contribution in [0.1, 0.15) is 40.8 Å². The molecule has 2 aromatic rings. The molecule has 3 rings (SSSR count). The van der Waals surface area contributed by atoms with Crippen molar-refractivity contribution in [2.75, 3.05) is 12.3 Å². The summed E-state index contributed by atoms with van der Waals surface area (Å²) in [7, 11) is 0. The SMILES string of the molecule is CCc1ccc(C(C)N2CCc3c(N)cccc3C2)s1. The Morgan fingerprint density at radius 2 is 2.15 bits per heavy atom. The van der Waals surface area contributed by atoms with Crippen molar-refractivity contribution in [1.82, 2.24) is 4.90 Å². The number of hydrogen-bond donors (Lipinski definition) is 1. The monoisotopic (exact) mass is 286 g/mol. The molecule has 0 bridgehead atoms. The molecule has 1 aliphatic heterocycles. The topological polar surface area (TPSA) is 29.3 Å². The van der Waals surface area contributed by atoms with E-state index in [4.69, 9.17) is 5.73 Å². The van der Waals surface area contributed by atoms with Crippen molar-refractivity contribution in [1.29, 1.82) is 0 Å². The number of fused-ring (bicyclic) bond motifs is 1. The summed E-state index contributed by atoms with van der Waals surface area (Å²) in [4.78, 5) is 5.52. The van der Waals surface area contributed by atoms with Crippen LogP contribution in [0.4, 0.5) is 5.69 Å². The standard InChI is InChI=1S/C17H22N2S/c1-3-14-7-8-17(20-14)12(2)19-10-9-15-13(11-19)5-4-6-16(15)18/h4-8,12H,3,9-11,18H2,1-2H3. The van der Waals surface area contributed by atoms with E-state index in [1.54, 1.807) is 0 Å². The molecule has 0 saturated heterocycles. The number of anilines is 1. The maximum absolute atomic E-state index is 6.08. The van der Waals surface area contributed by atoms with Crippen molar-refractivity contribution in [3.05, 3.63) is 51.2 Å². The van der Waals surface area contributed by atoms with Crippen LogP contribution < -0.4 is 5.73 Å². The molecule has 0 amide bonds. The Hall–Kier alpha value is -1.32. The number of nitrogen functional groups attached to an aromatic ring is 1. The number of benzene rings is 1. The molecule has 0 radical (unpaired) electrons. The number of hydrogen-bond acceptors (Lipinski definition) is 3. The molecule has 0 spiro atoms. The summed E-state index contributed by atoms with van der Waals surface area (Å²) in [5.41, 5.74) is 9.79. The molecule has 0 fully saturated rings. The first-order valence-electron chi connectivity index (χ1n) is 7.38. The van der Waals surface area contributed by atoms with Gasteiger partial charge in [-0.1, -0.05) is 19.1 Å². The molecule has 1 unspecified atom stereocenters. The summed E-state index contributed by atoms with van der Waals surface area (Å²) in [5, 5.41) is 0. The van der Waals surface area contributed by atoms with Crippen LogP contribution >= 0.6 is 11.3 Å². The lowest BCUT2D eigenvalue weighted by Gasteiger charge is -2.33. The van der Waals surface area contributed by atoms with E-state index in [1.165, 1.54) is 20.9 Å². The van der Waals surface area contributed by atoms with E-state index in [-0.39, 0.29) is 0 Å². The second-order valence-electron chi connectivity index (χ2n) is 5.54. The van der Waals surface area contributed by atoms with Gasteiger partial charge in [0.1, 0.15) is 0 Å². The third-order valence-electron chi connectivity index (χ3n) is 4.32. The third-order valence-corrected chi connectivity index (χ3v) is 5.72. The second kappa shape index (κ2) is 5.58. The summed E-state index contributed by atoms with van der Waals surface area (Å²) >= 11 is 1.95. The lowest BCUT2D eigenvalue weighted by atomic mass is 9.97. The van der Waals surface area contributed by atoms with Gasteiger partial charge in [0.2, 0.25) is 0 Å². The van der Waals surface area contributed by atoms with Gasteiger partial charge in [-0.2, -0.15) is 0 Å². The molecule has 106 valence electrons. The molecular weight excluding hydrogens is 264 g/mol. The number of thiophene rings is 1. The zero-order valence-corrected chi connectivity index (χ0v) is 13.0. The maximum atomic E-state index is 6.08. The molecular formula is C17H22N2S. The first-order valence-corrected chi connectivity index (χ1v) is 8.19. The van der Waals surface area contributed by atoms with Gasteiger partial charge in [-0.25, -0.2) is 0 Å². The Bertz CT molecular complexity index is 603. The molecule has 2 nitrogen and oxygen atoms in total. The summed E-state index contributed by atoms with van der Waals surface area (Å²) in [6.07, 6.45) is 2.20. The zero-order valence-electron chi connectivity index (χ0n) is 12.2. The van der Waals surface area contributed by atoms with Crippen molar-refractivity contribution >= 4 is 17.0 Å². The Labute approximate surface area is 125 Å². The van der Waals surface area contributed by atoms with Crippen molar-refractivity contribution < 1.29 is 0 Å². The maximum Gasteiger partial charge on any atom is 0.0417 e. The lowest BCUT2D eigenvalue weighted by molar-refractivity contribution is 0.195. The average Bonchev–Trinajstić information content (AvgIpc) is 2.95. The molecule has 1 aromatic heterocycles. The highest BCUT2D eigenvalue weighted by Gasteiger charge is 2.23. The van der Waals surface area contributed by atoms with E-state index in [9.17, 15) is 0 Å². The number of aryl methyl sites for hydroxylation is 1. The number of nitrogens with zero attached hydrogens (tertiary/aromatic N) is 1.